The molecule has 0 saturated carbocycles. The molecular formula is C20H33N3O3. The molecule has 1 aromatic rings. The SMILES string of the molecule is Cc1ccoc1C(=O)NC1CCN(C(C)C(=O)N(C(C)C)C(C)C)CC1. The van der Waals surface area contributed by atoms with Crippen molar-refractivity contribution in [3.8, 4) is 0 Å². The first-order valence-corrected chi connectivity index (χ1v) is 9.63. The average Bonchev–Trinajstić information content (AvgIpc) is 3.00. The van der Waals surface area contributed by atoms with Gasteiger partial charge >= 0.3 is 0 Å². The van der Waals surface area contributed by atoms with E-state index in [-0.39, 0.29) is 36.0 Å². The standard InChI is InChI=1S/C20H33N3O3/c1-13(2)23(14(3)4)20(25)16(6)22-10-7-17(8-11-22)21-19(24)18-15(5)9-12-26-18/h9,12-14,16-17H,7-8,10-11H2,1-6H3,(H,21,24). The zero-order chi connectivity index (χ0) is 19.4. The quantitative estimate of drug-likeness (QED) is 0.844. The highest BCUT2D eigenvalue weighted by molar-refractivity contribution is 5.93. The van der Waals surface area contributed by atoms with Gasteiger partial charge in [0.2, 0.25) is 5.91 Å². The van der Waals surface area contributed by atoms with Crippen molar-refractivity contribution in [1.82, 2.24) is 15.1 Å². The van der Waals surface area contributed by atoms with Gasteiger partial charge in [0, 0.05) is 36.8 Å². The third-order valence-electron chi connectivity index (χ3n) is 5.21. The van der Waals surface area contributed by atoms with Crippen LogP contribution in [0.3, 0.4) is 0 Å². The monoisotopic (exact) mass is 363 g/mol. The number of aryl methyl sites for hydroxylation is 1. The summed E-state index contributed by atoms with van der Waals surface area (Å²) in [5.41, 5.74) is 0.849. The van der Waals surface area contributed by atoms with E-state index in [2.05, 4.69) is 37.9 Å². The molecular weight excluding hydrogens is 330 g/mol. The fourth-order valence-corrected chi connectivity index (χ4v) is 3.76. The maximum atomic E-state index is 12.9. The Morgan fingerprint density at radius 2 is 1.73 bits per heavy atom. The number of carbonyl (C=O) groups is 2. The molecule has 6 heteroatoms. The molecule has 1 aliphatic heterocycles. The molecule has 2 heterocycles. The van der Waals surface area contributed by atoms with E-state index in [1.165, 1.54) is 6.26 Å². The highest BCUT2D eigenvalue weighted by Gasteiger charge is 2.32. The molecule has 6 nitrogen and oxygen atoms in total. The van der Waals surface area contributed by atoms with Gasteiger partial charge in [-0.1, -0.05) is 0 Å². The van der Waals surface area contributed by atoms with E-state index in [1.807, 2.05) is 18.7 Å². The van der Waals surface area contributed by atoms with Crippen LogP contribution in [0, 0.1) is 6.92 Å². The summed E-state index contributed by atoms with van der Waals surface area (Å²) >= 11 is 0. The van der Waals surface area contributed by atoms with Crippen molar-refractivity contribution in [3.05, 3.63) is 23.7 Å². The Kier molecular flexibility index (Phi) is 6.87. The van der Waals surface area contributed by atoms with Crippen LogP contribution in [0.25, 0.3) is 0 Å². The van der Waals surface area contributed by atoms with Crippen molar-refractivity contribution >= 4 is 11.8 Å². The number of likely N-dealkylation sites (tertiary alicyclic amines) is 1. The van der Waals surface area contributed by atoms with Gasteiger partial charge in [0.25, 0.3) is 5.91 Å². The Labute approximate surface area is 156 Å². The number of nitrogens with one attached hydrogen (secondary N) is 1. The lowest BCUT2D eigenvalue weighted by atomic mass is 10.0. The van der Waals surface area contributed by atoms with Gasteiger partial charge in [-0.25, -0.2) is 0 Å². The van der Waals surface area contributed by atoms with E-state index in [0.29, 0.717) is 5.76 Å². The van der Waals surface area contributed by atoms with Crippen molar-refractivity contribution in [1.29, 1.82) is 0 Å². The first-order valence-electron chi connectivity index (χ1n) is 9.63. The van der Waals surface area contributed by atoms with Crippen molar-refractivity contribution in [2.24, 2.45) is 0 Å². The summed E-state index contributed by atoms with van der Waals surface area (Å²) in [4.78, 5) is 29.3. The average molecular weight is 364 g/mol. The predicted octanol–water partition coefficient (Wildman–Crippen LogP) is 2.82. The van der Waals surface area contributed by atoms with Crippen molar-refractivity contribution in [3.63, 3.8) is 0 Å². The molecule has 1 aromatic heterocycles. The van der Waals surface area contributed by atoms with Crippen molar-refractivity contribution in [2.75, 3.05) is 13.1 Å². The third-order valence-corrected chi connectivity index (χ3v) is 5.21. The number of amides is 2. The fourth-order valence-electron chi connectivity index (χ4n) is 3.76. The van der Waals surface area contributed by atoms with Gasteiger partial charge in [-0.3, -0.25) is 14.5 Å². The van der Waals surface area contributed by atoms with Gasteiger partial charge in [0.05, 0.1) is 12.3 Å². The van der Waals surface area contributed by atoms with Crippen molar-refractivity contribution in [2.45, 2.75) is 78.6 Å². The number of hydrogen-bond donors (Lipinski definition) is 1. The lowest BCUT2D eigenvalue weighted by Gasteiger charge is -2.40. The minimum atomic E-state index is -0.152. The summed E-state index contributed by atoms with van der Waals surface area (Å²) in [5, 5.41) is 3.06. The summed E-state index contributed by atoms with van der Waals surface area (Å²) in [6.07, 6.45) is 3.22. The first-order chi connectivity index (χ1) is 12.2. The minimum absolute atomic E-state index is 0.122. The second-order valence-corrected chi connectivity index (χ2v) is 7.83. The van der Waals surface area contributed by atoms with Gasteiger partial charge in [-0.2, -0.15) is 0 Å². The largest absolute Gasteiger partial charge is 0.459 e. The van der Waals surface area contributed by atoms with Crippen LogP contribution in [-0.4, -0.2) is 58.9 Å². The Morgan fingerprint density at radius 1 is 1.15 bits per heavy atom. The zero-order valence-electron chi connectivity index (χ0n) is 16.9. The Morgan fingerprint density at radius 3 is 2.19 bits per heavy atom. The predicted molar refractivity (Wildman–Crippen MR) is 102 cm³/mol. The summed E-state index contributed by atoms with van der Waals surface area (Å²) in [6.45, 7) is 13.7. The summed E-state index contributed by atoms with van der Waals surface area (Å²) in [5.74, 6) is 0.421. The van der Waals surface area contributed by atoms with Crippen LogP contribution in [0.5, 0.6) is 0 Å². The molecule has 0 spiro atoms. The van der Waals surface area contributed by atoms with E-state index < -0.39 is 0 Å². The molecule has 1 aliphatic rings. The van der Waals surface area contributed by atoms with Crippen LogP contribution in [-0.2, 0) is 4.79 Å². The minimum Gasteiger partial charge on any atom is -0.459 e. The topological polar surface area (TPSA) is 65.8 Å². The van der Waals surface area contributed by atoms with Gasteiger partial charge in [0.1, 0.15) is 0 Å². The van der Waals surface area contributed by atoms with Crippen LogP contribution >= 0.6 is 0 Å². The van der Waals surface area contributed by atoms with E-state index in [0.717, 1.165) is 31.5 Å². The molecule has 0 aliphatic carbocycles. The van der Waals surface area contributed by atoms with E-state index in [4.69, 9.17) is 4.42 Å². The number of nitrogens with zero attached hydrogens (tertiary/aromatic N) is 2. The maximum Gasteiger partial charge on any atom is 0.287 e. The molecule has 0 radical (unpaired) electrons. The van der Waals surface area contributed by atoms with Gasteiger partial charge in [-0.15, -0.1) is 0 Å². The molecule has 1 unspecified atom stereocenters. The van der Waals surface area contributed by atoms with Crippen LogP contribution in [0.1, 0.15) is 63.6 Å². The second-order valence-electron chi connectivity index (χ2n) is 7.83. The molecule has 1 atom stereocenters. The molecule has 0 bridgehead atoms. The van der Waals surface area contributed by atoms with Gasteiger partial charge in [0.15, 0.2) is 5.76 Å². The van der Waals surface area contributed by atoms with Crippen molar-refractivity contribution < 1.29 is 14.0 Å². The van der Waals surface area contributed by atoms with Crippen LogP contribution in [0.4, 0.5) is 0 Å². The Hall–Kier alpha value is -1.82. The first kappa shape index (κ1) is 20.5. The highest BCUT2D eigenvalue weighted by Crippen LogP contribution is 2.18. The molecule has 0 aromatic carbocycles. The second kappa shape index (κ2) is 8.71. The molecule has 2 amide bonds. The number of rotatable bonds is 6. The summed E-state index contributed by atoms with van der Waals surface area (Å²) < 4.78 is 5.26. The van der Waals surface area contributed by atoms with E-state index in [1.54, 1.807) is 6.07 Å². The highest BCUT2D eigenvalue weighted by atomic mass is 16.3. The van der Waals surface area contributed by atoms with Gasteiger partial charge in [-0.05, 0) is 60.5 Å². The lowest BCUT2D eigenvalue weighted by molar-refractivity contribution is -0.140. The third kappa shape index (κ3) is 4.67. The lowest BCUT2D eigenvalue weighted by Crippen LogP contribution is -2.55. The Balaban J connectivity index is 1.88. The van der Waals surface area contributed by atoms with Crippen LogP contribution < -0.4 is 5.32 Å². The van der Waals surface area contributed by atoms with Gasteiger partial charge < -0.3 is 14.6 Å². The number of furan rings is 1. The molecule has 1 saturated heterocycles. The molecule has 26 heavy (non-hydrogen) atoms. The van der Waals surface area contributed by atoms with E-state index >= 15 is 0 Å². The van der Waals surface area contributed by atoms with Crippen LogP contribution in [0.2, 0.25) is 0 Å². The molecule has 1 N–H and O–H groups in total. The number of piperidine rings is 1. The number of carbonyl (C=O) groups excluding carboxylic acids is 2. The number of hydrogen-bond acceptors (Lipinski definition) is 4. The fraction of sp³-hybridized carbons (Fsp3) is 0.700. The molecule has 2 rings (SSSR count). The smallest absolute Gasteiger partial charge is 0.287 e. The summed E-state index contributed by atoms with van der Waals surface area (Å²) in [6, 6.07) is 2.16. The zero-order valence-corrected chi connectivity index (χ0v) is 16.9. The molecule has 146 valence electrons. The Bertz CT molecular complexity index is 608. The van der Waals surface area contributed by atoms with Crippen LogP contribution in [0.15, 0.2) is 16.7 Å². The normalized spacial score (nSPS) is 17.5. The van der Waals surface area contributed by atoms with E-state index in [9.17, 15) is 9.59 Å². The maximum absolute atomic E-state index is 12.9. The molecule has 1 fully saturated rings. The summed E-state index contributed by atoms with van der Waals surface area (Å²) in [7, 11) is 0.